The predicted molar refractivity (Wildman–Crippen MR) is 67.1 cm³/mol. The van der Waals surface area contributed by atoms with Crippen LogP contribution in [0.2, 0.25) is 0 Å². The highest BCUT2D eigenvalue weighted by molar-refractivity contribution is 5.34. The second-order valence-electron chi connectivity index (χ2n) is 5.79. The first-order chi connectivity index (χ1) is 9.36. The summed E-state index contributed by atoms with van der Waals surface area (Å²) in [5.41, 5.74) is 0.393. The zero-order valence-electron chi connectivity index (χ0n) is 11.2. The molecule has 1 aromatic carbocycles. The quantitative estimate of drug-likeness (QED) is 0.900. The summed E-state index contributed by atoms with van der Waals surface area (Å²) in [5, 5.41) is 10.5. The molecule has 0 aliphatic carbocycles. The number of hydrogen-bond donors (Lipinski definition) is 1. The highest BCUT2D eigenvalue weighted by Crippen LogP contribution is 2.45. The first-order valence-corrected chi connectivity index (χ1v) is 6.87. The normalized spacial score (nSPS) is 30.8. The molecule has 2 bridgehead atoms. The Morgan fingerprint density at radius 3 is 2.55 bits per heavy atom. The average molecular weight is 286 g/mol. The van der Waals surface area contributed by atoms with Crippen LogP contribution in [-0.2, 0) is 10.9 Å². The SMILES string of the molecule is Cc1cc(C(F)(F)F)ccc1C(O)C1CC2CCC1O2. The number of ether oxygens (including phenoxy) is 1. The lowest BCUT2D eigenvalue weighted by atomic mass is 9.81. The minimum atomic E-state index is -4.34. The Bertz CT molecular complexity index is 512. The van der Waals surface area contributed by atoms with Crippen LogP contribution in [0.1, 0.15) is 42.1 Å². The predicted octanol–water partition coefficient (Wildman–Crippen LogP) is 3.61. The monoisotopic (exact) mass is 286 g/mol. The number of alkyl halides is 3. The van der Waals surface area contributed by atoms with Crippen molar-refractivity contribution in [3.63, 3.8) is 0 Å². The van der Waals surface area contributed by atoms with Crippen LogP contribution < -0.4 is 0 Å². The van der Waals surface area contributed by atoms with E-state index in [1.54, 1.807) is 6.92 Å². The van der Waals surface area contributed by atoms with E-state index >= 15 is 0 Å². The maximum atomic E-state index is 12.6. The summed E-state index contributed by atoms with van der Waals surface area (Å²) in [6, 6.07) is 3.54. The Kier molecular flexibility index (Phi) is 3.29. The van der Waals surface area contributed by atoms with Crippen molar-refractivity contribution in [2.45, 2.75) is 50.7 Å². The van der Waals surface area contributed by atoms with E-state index in [9.17, 15) is 18.3 Å². The summed E-state index contributed by atoms with van der Waals surface area (Å²) in [6.07, 6.45) is -2.05. The van der Waals surface area contributed by atoms with Gasteiger partial charge in [-0.15, -0.1) is 0 Å². The molecule has 2 fully saturated rings. The molecule has 2 heterocycles. The molecular weight excluding hydrogens is 269 g/mol. The van der Waals surface area contributed by atoms with Crippen LogP contribution in [-0.4, -0.2) is 17.3 Å². The molecule has 2 aliphatic rings. The zero-order valence-corrected chi connectivity index (χ0v) is 11.2. The lowest BCUT2D eigenvalue weighted by molar-refractivity contribution is -0.137. The lowest BCUT2D eigenvalue weighted by Crippen LogP contribution is -2.24. The summed E-state index contributed by atoms with van der Waals surface area (Å²) in [6.45, 7) is 1.61. The smallest absolute Gasteiger partial charge is 0.388 e. The number of halogens is 3. The van der Waals surface area contributed by atoms with Crippen LogP contribution in [0, 0.1) is 12.8 Å². The third-order valence-electron chi connectivity index (χ3n) is 4.47. The standard InChI is InChI=1S/C15H17F3O2/c1-8-6-9(15(16,17)18)2-4-11(8)14(19)12-7-10-3-5-13(12)20-10/h2,4,6,10,12-14,19H,3,5,7H2,1H3. The van der Waals surface area contributed by atoms with E-state index in [1.165, 1.54) is 6.07 Å². The molecule has 0 amide bonds. The van der Waals surface area contributed by atoms with Gasteiger partial charge >= 0.3 is 6.18 Å². The molecule has 0 radical (unpaired) electrons. The van der Waals surface area contributed by atoms with Crippen LogP contribution in [0.3, 0.4) is 0 Å². The number of fused-ring (bicyclic) bond motifs is 2. The van der Waals surface area contributed by atoms with Crippen molar-refractivity contribution in [3.05, 3.63) is 34.9 Å². The van der Waals surface area contributed by atoms with Crippen molar-refractivity contribution in [2.24, 2.45) is 5.92 Å². The van der Waals surface area contributed by atoms with Crippen molar-refractivity contribution < 1.29 is 23.0 Å². The van der Waals surface area contributed by atoms with Gasteiger partial charge in [-0.2, -0.15) is 13.2 Å². The van der Waals surface area contributed by atoms with E-state index < -0.39 is 17.8 Å². The number of benzene rings is 1. The minimum absolute atomic E-state index is 0.00388. The zero-order chi connectivity index (χ0) is 14.5. The molecule has 3 rings (SSSR count). The molecule has 4 atom stereocenters. The van der Waals surface area contributed by atoms with E-state index in [4.69, 9.17) is 4.74 Å². The van der Waals surface area contributed by atoms with Gasteiger partial charge in [0.2, 0.25) is 0 Å². The summed E-state index contributed by atoms with van der Waals surface area (Å²) in [4.78, 5) is 0. The molecule has 20 heavy (non-hydrogen) atoms. The van der Waals surface area contributed by atoms with Crippen LogP contribution in [0.4, 0.5) is 13.2 Å². The molecule has 1 N–H and O–H groups in total. The Morgan fingerprint density at radius 1 is 1.30 bits per heavy atom. The fourth-order valence-corrected chi connectivity index (χ4v) is 3.42. The van der Waals surface area contributed by atoms with E-state index in [1.807, 2.05) is 0 Å². The number of hydrogen-bond acceptors (Lipinski definition) is 2. The van der Waals surface area contributed by atoms with Gasteiger partial charge in [0.15, 0.2) is 0 Å². The maximum Gasteiger partial charge on any atom is 0.416 e. The van der Waals surface area contributed by atoms with Crippen molar-refractivity contribution in [1.29, 1.82) is 0 Å². The summed E-state index contributed by atoms with van der Waals surface area (Å²) >= 11 is 0. The largest absolute Gasteiger partial charge is 0.416 e. The molecule has 0 spiro atoms. The second-order valence-corrected chi connectivity index (χ2v) is 5.79. The summed E-state index contributed by atoms with van der Waals surface area (Å²) in [5.74, 6) is 0.00388. The van der Waals surface area contributed by atoms with Gasteiger partial charge in [0, 0.05) is 5.92 Å². The van der Waals surface area contributed by atoms with E-state index in [-0.39, 0.29) is 18.1 Å². The van der Waals surface area contributed by atoms with E-state index in [2.05, 4.69) is 0 Å². The van der Waals surface area contributed by atoms with Crippen molar-refractivity contribution in [2.75, 3.05) is 0 Å². The average Bonchev–Trinajstić information content (AvgIpc) is 2.99. The first kappa shape index (κ1) is 13.9. The lowest BCUT2D eigenvalue weighted by Gasteiger charge is -2.26. The fourth-order valence-electron chi connectivity index (χ4n) is 3.42. The third-order valence-corrected chi connectivity index (χ3v) is 4.47. The summed E-state index contributed by atoms with van der Waals surface area (Å²) < 4.78 is 43.6. The second kappa shape index (κ2) is 4.74. The van der Waals surface area contributed by atoms with Crippen LogP contribution in [0.15, 0.2) is 18.2 Å². The summed E-state index contributed by atoms with van der Waals surface area (Å²) in [7, 11) is 0. The number of aliphatic hydroxyl groups is 1. The van der Waals surface area contributed by atoms with Gasteiger partial charge in [-0.25, -0.2) is 0 Å². The van der Waals surface area contributed by atoms with Crippen molar-refractivity contribution >= 4 is 0 Å². The molecule has 4 unspecified atom stereocenters. The van der Waals surface area contributed by atoms with Crippen LogP contribution >= 0.6 is 0 Å². The highest BCUT2D eigenvalue weighted by atomic mass is 19.4. The van der Waals surface area contributed by atoms with Crippen LogP contribution in [0.25, 0.3) is 0 Å². The van der Waals surface area contributed by atoms with E-state index in [0.29, 0.717) is 11.1 Å². The Labute approximate surface area is 115 Å². The minimum Gasteiger partial charge on any atom is -0.388 e. The van der Waals surface area contributed by atoms with E-state index in [0.717, 1.165) is 31.4 Å². The maximum absolute atomic E-state index is 12.6. The van der Waals surface area contributed by atoms with Gasteiger partial charge in [-0.05, 0) is 49.4 Å². The first-order valence-electron chi connectivity index (χ1n) is 6.87. The molecule has 2 saturated heterocycles. The third kappa shape index (κ3) is 2.33. The van der Waals surface area contributed by atoms with Crippen molar-refractivity contribution in [1.82, 2.24) is 0 Å². The highest BCUT2D eigenvalue weighted by Gasteiger charge is 2.44. The number of aryl methyl sites for hydroxylation is 1. The molecule has 2 nitrogen and oxygen atoms in total. The molecule has 0 aromatic heterocycles. The molecular formula is C15H17F3O2. The van der Waals surface area contributed by atoms with Gasteiger partial charge in [-0.1, -0.05) is 6.07 Å². The number of aliphatic hydroxyl groups excluding tert-OH is 1. The Morgan fingerprint density at radius 2 is 2.05 bits per heavy atom. The van der Waals surface area contributed by atoms with Crippen LogP contribution in [0.5, 0.6) is 0 Å². The van der Waals surface area contributed by atoms with Crippen molar-refractivity contribution in [3.8, 4) is 0 Å². The molecule has 2 aliphatic heterocycles. The van der Waals surface area contributed by atoms with Gasteiger partial charge in [0.25, 0.3) is 0 Å². The molecule has 5 heteroatoms. The number of rotatable bonds is 2. The molecule has 1 aromatic rings. The Hall–Kier alpha value is -1.07. The molecule has 0 saturated carbocycles. The van der Waals surface area contributed by atoms with Gasteiger partial charge < -0.3 is 9.84 Å². The van der Waals surface area contributed by atoms with Gasteiger partial charge in [0.1, 0.15) is 0 Å². The topological polar surface area (TPSA) is 29.5 Å². The van der Waals surface area contributed by atoms with Gasteiger partial charge in [0.05, 0.1) is 23.9 Å². The molecule has 110 valence electrons. The fraction of sp³-hybridized carbons (Fsp3) is 0.600. The van der Waals surface area contributed by atoms with Gasteiger partial charge in [-0.3, -0.25) is 0 Å². The Balaban J connectivity index is 1.83.